The maximum Gasteiger partial charge on any atom is 0.260 e. The Kier molecular flexibility index (Phi) is 5.16. The lowest BCUT2D eigenvalue weighted by atomic mass is 10.1. The lowest BCUT2D eigenvalue weighted by Gasteiger charge is -2.28. The Morgan fingerprint density at radius 1 is 1.13 bits per heavy atom. The summed E-state index contributed by atoms with van der Waals surface area (Å²) in [6.45, 7) is 4.00. The fourth-order valence-corrected chi connectivity index (χ4v) is 4.44. The molecule has 1 N–H and O–H groups in total. The molecule has 0 atom stereocenters. The first-order chi connectivity index (χ1) is 15.0. The van der Waals surface area contributed by atoms with Crippen molar-refractivity contribution in [1.29, 1.82) is 0 Å². The highest BCUT2D eigenvalue weighted by Gasteiger charge is 2.20. The number of likely N-dealkylation sites (tertiary alicyclic amines) is 1. The molecule has 0 unspecified atom stereocenters. The number of carbonyl (C=O) groups is 1. The second-order valence-electron chi connectivity index (χ2n) is 7.83. The van der Waals surface area contributed by atoms with Crippen LogP contribution in [0.15, 0.2) is 36.7 Å². The minimum absolute atomic E-state index is 0.247. The van der Waals surface area contributed by atoms with E-state index < -0.39 is 0 Å². The molecule has 1 amide bonds. The number of hydrogen-bond donors (Lipinski definition) is 1. The van der Waals surface area contributed by atoms with Crippen LogP contribution in [0, 0.1) is 6.92 Å². The first kappa shape index (κ1) is 19.7. The van der Waals surface area contributed by atoms with Crippen molar-refractivity contribution >= 4 is 34.0 Å². The zero-order valence-electron chi connectivity index (χ0n) is 17.3. The van der Waals surface area contributed by atoms with E-state index in [-0.39, 0.29) is 5.91 Å². The van der Waals surface area contributed by atoms with Crippen LogP contribution in [0.3, 0.4) is 0 Å². The van der Waals surface area contributed by atoms with E-state index in [2.05, 4.69) is 42.8 Å². The van der Waals surface area contributed by atoms with Crippen LogP contribution in [0.25, 0.3) is 21.5 Å². The van der Waals surface area contributed by atoms with Gasteiger partial charge in [0.05, 0.1) is 23.3 Å². The molecular weight excluding hydrogens is 412 g/mol. The number of piperidine rings is 1. The SMILES string of the molecule is Cc1nnc(-c2ccc3nnc(NC(=O)c4cnn(C5CCN(C)CC5)c4)cc3c2)s1. The largest absolute Gasteiger partial charge is 0.306 e. The van der Waals surface area contributed by atoms with Crippen molar-refractivity contribution in [1.82, 2.24) is 35.1 Å². The Morgan fingerprint density at radius 3 is 2.74 bits per heavy atom. The van der Waals surface area contributed by atoms with Gasteiger partial charge >= 0.3 is 0 Å². The predicted octanol–water partition coefficient (Wildman–Crippen LogP) is 3.17. The quantitative estimate of drug-likeness (QED) is 0.526. The number of aromatic nitrogens is 6. The normalized spacial score (nSPS) is 15.4. The molecule has 1 aliphatic rings. The van der Waals surface area contributed by atoms with E-state index in [1.165, 1.54) is 11.3 Å². The van der Waals surface area contributed by atoms with Gasteiger partial charge in [-0.3, -0.25) is 9.48 Å². The highest BCUT2D eigenvalue weighted by atomic mass is 32.1. The van der Waals surface area contributed by atoms with Crippen molar-refractivity contribution < 1.29 is 4.79 Å². The Morgan fingerprint density at radius 2 is 1.97 bits per heavy atom. The molecule has 0 aliphatic carbocycles. The number of carbonyl (C=O) groups excluding carboxylic acids is 1. The van der Waals surface area contributed by atoms with Gasteiger partial charge in [-0.05, 0) is 64.2 Å². The van der Waals surface area contributed by atoms with Gasteiger partial charge in [-0.2, -0.15) is 5.10 Å². The molecule has 0 spiro atoms. The molecular formula is C21H22N8OS. The molecule has 0 radical (unpaired) electrons. The summed E-state index contributed by atoms with van der Waals surface area (Å²) in [7, 11) is 2.13. The van der Waals surface area contributed by atoms with Crippen LogP contribution in [0.1, 0.15) is 34.2 Å². The lowest BCUT2D eigenvalue weighted by molar-refractivity contribution is 0.102. The topological polar surface area (TPSA) is 102 Å². The Labute approximate surface area is 183 Å². The molecule has 31 heavy (non-hydrogen) atoms. The van der Waals surface area contributed by atoms with E-state index in [9.17, 15) is 4.79 Å². The molecule has 0 saturated carbocycles. The zero-order chi connectivity index (χ0) is 21.4. The minimum Gasteiger partial charge on any atom is -0.306 e. The van der Waals surface area contributed by atoms with Crippen LogP contribution in [0.2, 0.25) is 0 Å². The highest BCUT2D eigenvalue weighted by molar-refractivity contribution is 7.14. The minimum atomic E-state index is -0.247. The van der Waals surface area contributed by atoms with Gasteiger partial charge < -0.3 is 10.2 Å². The van der Waals surface area contributed by atoms with E-state index in [1.54, 1.807) is 6.20 Å². The Hall–Kier alpha value is -3.24. The third kappa shape index (κ3) is 4.17. The summed E-state index contributed by atoms with van der Waals surface area (Å²) in [5.74, 6) is 0.152. The number of rotatable bonds is 4. The van der Waals surface area contributed by atoms with Crippen LogP contribution in [0.5, 0.6) is 0 Å². The van der Waals surface area contributed by atoms with Gasteiger partial charge in [0.1, 0.15) is 10.0 Å². The molecule has 0 bridgehead atoms. The van der Waals surface area contributed by atoms with E-state index in [1.807, 2.05) is 42.1 Å². The molecule has 1 aromatic carbocycles. The third-order valence-electron chi connectivity index (χ3n) is 5.53. The number of fused-ring (bicyclic) bond motifs is 1. The van der Waals surface area contributed by atoms with E-state index in [0.29, 0.717) is 17.4 Å². The van der Waals surface area contributed by atoms with Crippen molar-refractivity contribution in [3.05, 3.63) is 47.2 Å². The maximum absolute atomic E-state index is 12.7. The maximum atomic E-state index is 12.7. The number of anilines is 1. The number of amides is 1. The van der Waals surface area contributed by atoms with Gasteiger partial charge in [-0.25, -0.2) is 0 Å². The summed E-state index contributed by atoms with van der Waals surface area (Å²) in [5, 5.41) is 26.5. The molecule has 1 saturated heterocycles. The summed E-state index contributed by atoms with van der Waals surface area (Å²) in [4.78, 5) is 15.0. The number of nitrogens with one attached hydrogen (secondary N) is 1. The van der Waals surface area contributed by atoms with Crippen molar-refractivity contribution in [2.75, 3.05) is 25.5 Å². The summed E-state index contributed by atoms with van der Waals surface area (Å²) in [6, 6.07) is 7.98. The van der Waals surface area contributed by atoms with Crippen LogP contribution in [-0.4, -0.2) is 61.1 Å². The average Bonchev–Trinajstić information content (AvgIpc) is 3.43. The third-order valence-corrected chi connectivity index (χ3v) is 6.41. The molecule has 4 aromatic rings. The van der Waals surface area contributed by atoms with Crippen molar-refractivity contribution in [3.8, 4) is 10.6 Å². The number of benzene rings is 1. The van der Waals surface area contributed by atoms with Gasteiger partial charge in [0.2, 0.25) is 0 Å². The number of hydrogen-bond acceptors (Lipinski definition) is 8. The Bertz CT molecular complexity index is 1240. The molecule has 9 nitrogen and oxygen atoms in total. The van der Waals surface area contributed by atoms with Crippen molar-refractivity contribution in [2.45, 2.75) is 25.8 Å². The molecule has 1 fully saturated rings. The standard InChI is InChI=1S/C21H22N8OS/c1-13-24-27-21(31-13)14-3-4-18-15(9-14)10-19(26-25-18)23-20(30)16-11-22-29(12-16)17-5-7-28(2)8-6-17/h3-4,9-12,17H,5-8H2,1-2H3,(H,23,26,30). The van der Waals surface area contributed by atoms with Gasteiger partial charge in [-0.1, -0.05) is 11.3 Å². The first-order valence-electron chi connectivity index (χ1n) is 10.2. The Balaban J connectivity index is 1.33. The average molecular weight is 435 g/mol. The lowest BCUT2D eigenvalue weighted by Crippen LogP contribution is -2.31. The molecule has 4 heterocycles. The van der Waals surface area contributed by atoms with Gasteiger partial charge in [-0.15, -0.1) is 20.4 Å². The van der Waals surface area contributed by atoms with Crippen LogP contribution in [-0.2, 0) is 0 Å². The fraction of sp³-hybridized carbons (Fsp3) is 0.333. The zero-order valence-corrected chi connectivity index (χ0v) is 18.1. The number of aryl methyl sites for hydroxylation is 1. The van der Waals surface area contributed by atoms with Crippen LogP contribution >= 0.6 is 11.3 Å². The molecule has 158 valence electrons. The highest BCUT2D eigenvalue weighted by Crippen LogP contribution is 2.27. The molecule has 3 aromatic heterocycles. The fourth-order valence-electron chi connectivity index (χ4n) is 3.76. The summed E-state index contributed by atoms with van der Waals surface area (Å²) in [5.41, 5.74) is 2.22. The van der Waals surface area contributed by atoms with Crippen LogP contribution < -0.4 is 5.32 Å². The van der Waals surface area contributed by atoms with Gasteiger partial charge in [0, 0.05) is 17.1 Å². The second-order valence-corrected chi connectivity index (χ2v) is 9.01. The predicted molar refractivity (Wildman–Crippen MR) is 119 cm³/mol. The molecule has 1 aliphatic heterocycles. The second kappa shape index (κ2) is 8.12. The van der Waals surface area contributed by atoms with Crippen molar-refractivity contribution in [2.24, 2.45) is 0 Å². The first-order valence-corrected chi connectivity index (χ1v) is 11.0. The molecule has 10 heteroatoms. The number of nitrogens with zero attached hydrogens (tertiary/aromatic N) is 7. The van der Waals surface area contributed by atoms with E-state index >= 15 is 0 Å². The monoisotopic (exact) mass is 434 g/mol. The van der Waals surface area contributed by atoms with Gasteiger partial charge in [0.15, 0.2) is 5.82 Å². The summed E-state index contributed by atoms with van der Waals surface area (Å²) < 4.78 is 1.91. The smallest absolute Gasteiger partial charge is 0.260 e. The van der Waals surface area contributed by atoms with E-state index in [4.69, 9.17) is 0 Å². The van der Waals surface area contributed by atoms with E-state index in [0.717, 1.165) is 52.4 Å². The van der Waals surface area contributed by atoms with Crippen LogP contribution in [0.4, 0.5) is 5.82 Å². The van der Waals surface area contributed by atoms with Crippen molar-refractivity contribution in [3.63, 3.8) is 0 Å². The summed E-state index contributed by atoms with van der Waals surface area (Å²) >= 11 is 1.54. The summed E-state index contributed by atoms with van der Waals surface area (Å²) in [6.07, 6.45) is 5.49. The molecule has 5 rings (SSSR count). The van der Waals surface area contributed by atoms with Gasteiger partial charge in [0.25, 0.3) is 5.91 Å².